The number of aromatic nitrogens is 3. The van der Waals surface area contributed by atoms with Crippen LogP contribution in [0.25, 0.3) is 11.3 Å². The number of aryl methyl sites for hydroxylation is 1. The summed E-state index contributed by atoms with van der Waals surface area (Å²) in [6.07, 6.45) is 3.35. The van der Waals surface area contributed by atoms with E-state index in [-0.39, 0.29) is 12.5 Å². The van der Waals surface area contributed by atoms with Gasteiger partial charge in [0.15, 0.2) is 0 Å². The van der Waals surface area contributed by atoms with Crippen molar-refractivity contribution < 1.29 is 9.90 Å². The molecule has 0 aliphatic carbocycles. The highest BCUT2D eigenvalue weighted by molar-refractivity contribution is 5.73. The highest BCUT2D eigenvalue weighted by atomic mass is 16.4. The Morgan fingerprint density at radius 2 is 1.80 bits per heavy atom. The maximum absolute atomic E-state index is 10.8. The third-order valence-electron chi connectivity index (χ3n) is 3.42. The van der Waals surface area contributed by atoms with Gasteiger partial charge < -0.3 is 15.7 Å². The fraction of sp³-hybridized carbons (Fsp3) is 0.111. The van der Waals surface area contributed by atoms with Crippen LogP contribution >= 0.6 is 0 Å². The van der Waals surface area contributed by atoms with Gasteiger partial charge in [0.2, 0.25) is 5.95 Å². The first-order valence-electron chi connectivity index (χ1n) is 7.69. The lowest BCUT2D eigenvalue weighted by Gasteiger charge is -2.11. The average molecular weight is 335 g/mol. The first-order chi connectivity index (χ1) is 12.1. The standard InChI is InChI=1S/C18H17N5O2/c1-12-2-4-14(5-3-12)21-16-10-15(13-6-8-19-9-7-13)22-18(23-16)20-11-17(24)25/h2-10H,11H2,1H3,(H,24,25)(H2,20,21,22,23). The molecule has 0 aliphatic rings. The van der Waals surface area contributed by atoms with Crippen LogP contribution in [0.3, 0.4) is 0 Å². The number of hydrogen-bond donors (Lipinski definition) is 3. The predicted molar refractivity (Wildman–Crippen MR) is 95.9 cm³/mol. The summed E-state index contributed by atoms with van der Waals surface area (Å²) in [5.41, 5.74) is 3.58. The van der Waals surface area contributed by atoms with Crippen LogP contribution in [0.1, 0.15) is 5.56 Å². The minimum Gasteiger partial charge on any atom is -0.480 e. The van der Waals surface area contributed by atoms with Gasteiger partial charge in [-0.3, -0.25) is 9.78 Å². The molecule has 2 heterocycles. The van der Waals surface area contributed by atoms with Crippen molar-refractivity contribution in [2.75, 3.05) is 17.2 Å². The van der Waals surface area contributed by atoms with E-state index in [2.05, 4.69) is 25.6 Å². The van der Waals surface area contributed by atoms with Gasteiger partial charge in [0.1, 0.15) is 12.4 Å². The molecular formula is C18H17N5O2. The van der Waals surface area contributed by atoms with Gasteiger partial charge in [-0.05, 0) is 31.2 Å². The number of pyridine rings is 1. The van der Waals surface area contributed by atoms with Crippen LogP contribution in [0.4, 0.5) is 17.5 Å². The molecule has 3 rings (SSSR count). The van der Waals surface area contributed by atoms with E-state index in [0.717, 1.165) is 16.8 Å². The molecule has 0 unspecified atom stereocenters. The summed E-state index contributed by atoms with van der Waals surface area (Å²) < 4.78 is 0. The molecule has 3 aromatic rings. The second kappa shape index (κ2) is 7.39. The van der Waals surface area contributed by atoms with Crippen molar-refractivity contribution in [3.05, 3.63) is 60.4 Å². The van der Waals surface area contributed by atoms with Crippen molar-refractivity contribution in [2.45, 2.75) is 6.92 Å². The second-order valence-electron chi connectivity index (χ2n) is 5.44. The summed E-state index contributed by atoms with van der Waals surface area (Å²) in [5, 5.41) is 14.8. The highest BCUT2D eigenvalue weighted by Gasteiger charge is 2.08. The third kappa shape index (κ3) is 4.51. The summed E-state index contributed by atoms with van der Waals surface area (Å²) in [4.78, 5) is 23.5. The Kier molecular flexibility index (Phi) is 4.84. The van der Waals surface area contributed by atoms with Crippen LogP contribution in [-0.2, 0) is 4.79 Å². The monoisotopic (exact) mass is 335 g/mol. The van der Waals surface area contributed by atoms with E-state index in [0.29, 0.717) is 11.5 Å². The van der Waals surface area contributed by atoms with Gasteiger partial charge >= 0.3 is 5.97 Å². The molecule has 7 nitrogen and oxygen atoms in total. The van der Waals surface area contributed by atoms with Crippen molar-refractivity contribution in [2.24, 2.45) is 0 Å². The van der Waals surface area contributed by atoms with E-state index in [4.69, 9.17) is 5.11 Å². The SMILES string of the molecule is Cc1ccc(Nc2cc(-c3ccncc3)nc(NCC(=O)O)n2)cc1. The van der Waals surface area contributed by atoms with E-state index in [9.17, 15) is 4.79 Å². The molecule has 0 fully saturated rings. The van der Waals surface area contributed by atoms with Gasteiger partial charge in [0.25, 0.3) is 0 Å². The molecule has 126 valence electrons. The molecule has 0 amide bonds. The molecule has 0 saturated carbocycles. The molecule has 0 atom stereocenters. The Morgan fingerprint density at radius 3 is 2.48 bits per heavy atom. The summed E-state index contributed by atoms with van der Waals surface area (Å²) >= 11 is 0. The van der Waals surface area contributed by atoms with Crippen molar-refractivity contribution in [1.82, 2.24) is 15.0 Å². The van der Waals surface area contributed by atoms with E-state index < -0.39 is 5.97 Å². The maximum atomic E-state index is 10.8. The molecular weight excluding hydrogens is 318 g/mol. The number of aliphatic carboxylic acids is 1. The molecule has 0 spiro atoms. The first-order valence-corrected chi connectivity index (χ1v) is 7.69. The lowest BCUT2D eigenvalue weighted by molar-refractivity contribution is -0.134. The van der Waals surface area contributed by atoms with Crippen LogP contribution in [-0.4, -0.2) is 32.6 Å². The fourth-order valence-corrected chi connectivity index (χ4v) is 2.20. The number of anilines is 3. The zero-order valence-corrected chi connectivity index (χ0v) is 13.6. The van der Waals surface area contributed by atoms with Crippen molar-refractivity contribution in [3.8, 4) is 11.3 Å². The quantitative estimate of drug-likeness (QED) is 0.636. The molecule has 0 saturated heterocycles. The van der Waals surface area contributed by atoms with Crippen LogP contribution in [0.15, 0.2) is 54.9 Å². The van der Waals surface area contributed by atoms with Crippen LogP contribution in [0.5, 0.6) is 0 Å². The largest absolute Gasteiger partial charge is 0.480 e. The molecule has 0 radical (unpaired) electrons. The normalized spacial score (nSPS) is 10.3. The Balaban J connectivity index is 1.93. The highest BCUT2D eigenvalue weighted by Crippen LogP contribution is 2.23. The Bertz CT molecular complexity index is 866. The topological polar surface area (TPSA) is 100 Å². The number of carboxylic acids is 1. The first kappa shape index (κ1) is 16.4. The number of benzene rings is 1. The van der Waals surface area contributed by atoms with Gasteiger partial charge in [-0.25, -0.2) is 4.98 Å². The zero-order valence-electron chi connectivity index (χ0n) is 13.6. The third-order valence-corrected chi connectivity index (χ3v) is 3.42. The smallest absolute Gasteiger partial charge is 0.322 e. The van der Waals surface area contributed by atoms with Gasteiger partial charge in [-0.15, -0.1) is 0 Å². The lowest BCUT2D eigenvalue weighted by atomic mass is 10.2. The van der Waals surface area contributed by atoms with Gasteiger partial charge in [-0.1, -0.05) is 17.7 Å². The molecule has 2 aromatic heterocycles. The van der Waals surface area contributed by atoms with Crippen molar-refractivity contribution >= 4 is 23.4 Å². The minimum atomic E-state index is -0.981. The Labute approximate surface area is 144 Å². The van der Waals surface area contributed by atoms with Crippen LogP contribution in [0, 0.1) is 6.92 Å². The number of rotatable bonds is 6. The molecule has 1 aromatic carbocycles. The molecule has 3 N–H and O–H groups in total. The number of carboxylic acid groups (broad SMARTS) is 1. The second-order valence-corrected chi connectivity index (χ2v) is 5.44. The Hall–Kier alpha value is -3.48. The van der Waals surface area contributed by atoms with E-state index in [1.165, 1.54) is 0 Å². The van der Waals surface area contributed by atoms with Gasteiger partial charge in [0.05, 0.1) is 5.69 Å². The van der Waals surface area contributed by atoms with E-state index in [1.54, 1.807) is 18.5 Å². The minimum absolute atomic E-state index is 0.242. The van der Waals surface area contributed by atoms with Crippen LogP contribution < -0.4 is 10.6 Å². The molecule has 0 bridgehead atoms. The zero-order chi connectivity index (χ0) is 17.6. The number of hydrogen-bond acceptors (Lipinski definition) is 6. The summed E-state index contributed by atoms with van der Waals surface area (Å²) in [6.45, 7) is 1.76. The maximum Gasteiger partial charge on any atom is 0.322 e. The van der Waals surface area contributed by atoms with E-state index in [1.807, 2.05) is 43.3 Å². The molecule has 0 aliphatic heterocycles. The Morgan fingerprint density at radius 1 is 1.08 bits per heavy atom. The summed E-state index contributed by atoms with van der Waals surface area (Å²) in [5.74, 6) is -0.171. The van der Waals surface area contributed by atoms with Gasteiger partial charge in [-0.2, -0.15) is 4.98 Å². The number of nitrogens with one attached hydrogen (secondary N) is 2. The van der Waals surface area contributed by atoms with E-state index >= 15 is 0 Å². The summed E-state index contributed by atoms with van der Waals surface area (Å²) in [7, 11) is 0. The van der Waals surface area contributed by atoms with Crippen molar-refractivity contribution in [3.63, 3.8) is 0 Å². The lowest BCUT2D eigenvalue weighted by Crippen LogP contribution is -2.15. The molecule has 7 heteroatoms. The predicted octanol–water partition coefficient (Wildman–Crippen LogP) is 3.09. The average Bonchev–Trinajstić information content (AvgIpc) is 2.62. The fourth-order valence-electron chi connectivity index (χ4n) is 2.20. The number of nitrogens with zero attached hydrogens (tertiary/aromatic N) is 3. The summed E-state index contributed by atoms with van der Waals surface area (Å²) in [6, 6.07) is 13.4. The van der Waals surface area contributed by atoms with Crippen molar-refractivity contribution in [1.29, 1.82) is 0 Å². The number of carbonyl (C=O) groups is 1. The van der Waals surface area contributed by atoms with Crippen LogP contribution in [0.2, 0.25) is 0 Å². The van der Waals surface area contributed by atoms with Gasteiger partial charge in [0, 0.05) is 29.7 Å². The molecule has 25 heavy (non-hydrogen) atoms.